The average Bonchev–Trinajstić information content (AvgIpc) is 2.45. The van der Waals surface area contributed by atoms with Gasteiger partial charge in [-0.1, -0.05) is 0 Å². The predicted molar refractivity (Wildman–Crippen MR) is 76.7 cm³/mol. The molecule has 1 heterocycles. The molecule has 0 atom stereocenters. The van der Waals surface area contributed by atoms with Gasteiger partial charge in [0.25, 0.3) is 11.6 Å². The topological polar surface area (TPSA) is 122 Å². The summed E-state index contributed by atoms with van der Waals surface area (Å²) >= 11 is 0. The minimum Gasteiger partial charge on any atom is -0.390 e. The molecular weight excluding hydrogens is 276 g/mol. The Balaban J connectivity index is 2.18. The molecule has 1 amide bonds. The molecule has 1 aliphatic heterocycles. The van der Waals surface area contributed by atoms with E-state index in [1.54, 1.807) is 11.8 Å². The van der Waals surface area contributed by atoms with E-state index in [2.05, 4.69) is 5.43 Å². The molecule has 1 aromatic rings. The van der Waals surface area contributed by atoms with E-state index in [4.69, 9.17) is 5.84 Å². The second kappa shape index (κ2) is 5.66. The van der Waals surface area contributed by atoms with E-state index in [1.165, 1.54) is 18.2 Å². The number of anilines is 1. The standard InChI is InChI=1S/C13H18N4O4/c1-13(19)4-6-16(7-5-13)12(18)9-2-3-11(17(20)21)10(8-9)15-14/h2-3,8,15,19H,4-7,14H2,1H3. The van der Waals surface area contributed by atoms with Gasteiger partial charge in [-0.15, -0.1) is 0 Å². The molecule has 0 aliphatic carbocycles. The first-order chi connectivity index (χ1) is 9.84. The number of nitrogens with zero attached hydrogens (tertiary/aromatic N) is 2. The molecule has 21 heavy (non-hydrogen) atoms. The summed E-state index contributed by atoms with van der Waals surface area (Å²) in [7, 11) is 0. The van der Waals surface area contributed by atoms with Crippen molar-refractivity contribution >= 4 is 17.3 Å². The van der Waals surface area contributed by atoms with Crippen LogP contribution >= 0.6 is 0 Å². The zero-order valence-electron chi connectivity index (χ0n) is 11.7. The number of nitrogens with one attached hydrogen (secondary N) is 1. The highest BCUT2D eigenvalue weighted by molar-refractivity contribution is 5.96. The van der Waals surface area contributed by atoms with Crippen molar-refractivity contribution in [2.75, 3.05) is 18.5 Å². The van der Waals surface area contributed by atoms with Crippen LogP contribution in [0.15, 0.2) is 18.2 Å². The Morgan fingerprint density at radius 2 is 2.10 bits per heavy atom. The molecule has 1 aliphatic rings. The fraction of sp³-hybridized carbons (Fsp3) is 0.462. The first-order valence-electron chi connectivity index (χ1n) is 6.61. The first kappa shape index (κ1) is 15.2. The molecule has 8 heteroatoms. The SMILES string of the molecule is CC1(O)CCN(C(=O)c2ccc([N+](=O)[O-])c(NN)c2)CC1. The number of amides is 1. The molecule has 0 spiro atoms. The number of rotatable bonds is 3. The zero-order chi connectivity index (χ0) is 15.6. The lowest BCUT2D eigenvalue weighted by molar-refractivity contribution is -0.384. The zero-order valence-corrected chi connectivity index (χ0v) is 11.7. The summed E-state index contributed by atoms with van der Waals surface area (Å²) in [6.45, 7) is 2.65. The van der Waals surface area contributed by atoms with E-state index >= 15 is 0 Å². The third kappa shape index (κ3) is 3.29. The summed E-state index contributed by atoms with van der Waals surface area (Å²) < 4.78 is 0. The lowest BCUT2D eigenvalue weighted by Gasteiger charge is -2.35. The summed E-state index contributed by atoms with van der Waals surface area (Å²) in [5.41, 5.74) is 1.73. The van der Waals surface area contributed by atoms with E-state index < -0.39 is 10.5 Å². The van der Waals surface area contributed by atoms with Crippen LogP contribution in [-0.4, -0.2) is 39.5 Å². The molecule has 8 nitrogen and oxygen atoms in total. The maximum absolute atomic E-state index is 12.4. The second-order valence-electron chi connectivity index (χ2n) is 5.42. The summed E-state index contributed by atoms with van der Waals surface area (Å²) in [5.74, 6) is 5.03. The normalized spacial score (nSPS) is 17.4. The lowest BCUT2D eigenvalue weighted by atomic mass is 9.93. The molecule has 114 valence electrons. The Bertz CT molecular complexity index is 563. The van der Waals surface area contributed by atoms with Gasteiger partial charge in [-0.05, 0) is 31.9 Å². The number of benzene rings is 1. The van der Waals surface area contributed by atoms with Crippen molar-refractivity contribution in [2.24, 2.45) is 5.84 Å². The van der Waals surface area contributed by atoms with Gasteiger partial charge in [0.1, 0.15) is 5.69 Å². The maximum atomic E-state index is 12.4. The summed E-state index contributed by atoms with van der Waals surface area (Å²) in [6, 6.07) is 4.03. The molecule has 1 aromatic carbocycles. The third-order valence-electron chi connectivity index (χ3n) is 3.72. The molecule has 0 bridgehead atoms. The number of nitro groups is 1. The number of nitro benzene ring substituents is 1. The molecule has 1 fully saturated rings. The molecule has 2 rings (SSSR count). The Morgan fingerprint density at radius 1 is 1.48 bits per heavy atom. The van der Waals surface area contributed by atoms with E-state index in [0.717, 1.165) is 0 Å². The van der Waals surface area contributed by atoms with Gasteiger partial charge in [-0.25, -0.2) is 0 Å². The van der Waals surface area contributed by atoms with Crippen molar-refractivity contribution in [3.05, 3.63) is 33.9 Å². The number of carbonyl (C=O) groups excluding carboxylic acids is 1. The van der Waals surface area contributed by atoms with Crippen LogP contribution in [0.4, 0.5) is 11.4 Å². The van der Waals surface area contributed by atoms with E-state index in [9.17, 15) is 20.0 Å². The van der Waals surface area contributed by atoms with Crippen molar-refractivity contribution in [3.8, 4) is 0 Å². The minimum atomic E-state index is -0.740. The maximum Gasteiger partial charge on any atom is 0.293 e. The number of carbonyl (C=O) groups is 1. The Morgan fingerprint density at radius 3 is 2.62 bits per heavy atom. The van der Waals surface area contributed by atoms with Gasteiger partial charge in [0.2, 0.25) is 0 Å². The summed E-state index contributed by atoms with van der Waals surface area (Å²) in [5, 5.41) is 20.7. The van der Waals surface area contributed by atoms with Crippen molar-refractivity contribution in [1.82, 2.24) is 4.90 Å². The number of likely N-dealkylation sites (tertiary alicyclic amines) is 1. The Labute approximate surface area is 121 Å². The first-order valence-corrected chi connectivity index (χ1v) is 6.61. The van der Waals surface area contributed by atoms with Gasteiger partial charge < -0.3 is 15.4 Å². The number of aliphatic hydroxyl groups is 1. The Kier molecular flexibility index (Phi) is 4.10. The second-order valence-corrected chi connectivity index (χ2v) is 5.42. The fourth-order valence-corrected chi connectivity index (χ4v) is 2.32. The van der Waals surface area contributed by atoms with Gasteiger partial charge in [0.15, 0.2) is 0 Å². The molecular formula is C13H18N4O4. The van der Waals surface area contributed by atoms with Gasteiger partial charge in [0.05, 0.1) is 10.5 Å². The van der Waals surface area contributed by atoms with Gasteiger partial charge in [-0.3, -0.25) is 20.8 Å². The minimum absolute atomic E-state index is 0.0925. The monoisotopic (exact) mass is 294 g/mol. The fourth-order valence-electron chi connectivity index (χ4n) is 2.32. The van der Waals surface area contributed by atoms with Crippen molar-refractivity contribution < 1.29 is 14.8 Å². The molecule has 0 radical (unpaired) electrons. The highest BCUT2D eigenvalue weighted by atomic mass is 16.6. The molecule has 0 aromatic heterocycles. The Hall–Kier alpha value is -2.19. The number of nitrogens with two attached hydrogens (primary N) is 1. The van der Waals surface area contributed by atoms with Crippen LogP contribution in [0.5, 0.6) is 0 Å². The van der Waals surface area contributed by atoms with Gasteiger partial charge in [-0.2, -0.15) is 0 Å². The van der Waals surface area contributed by atoms with E-state index in [-0.39, 0.29) is 17.3 Å². The van der Waals surface area contributed by atoms with Crippen LogP contribution in [0.2, 0.25) is 0 Å². The molecule has 0 unspecified atom stereocenters. The average molecular weight is 294 g/mol. The highest BCUT2D eigenvalue weighted by Gasteiger charge is 2.30. The van der Waals surface area contributed by atoms with Crippen LogP contribution in [0.25, 0.3) is 0 Å². The van der Waals surface area contributed by atoms with Gasteiger partial charge in [0, 0.05) is 24.7 Å². The molecule has 1 saturated heterocycles. The number of hydrazine groups is 1. The summed E-state index contributed by atoms with van der Waals surface area (Å²) in [4.78, 5) is 24.2. The van der Waals surface area contributed by atoms with Crippen LogP contribution in [0, 0.1) is 10.1 Å². The predicted octanol–water partition coefficient (Wildman–Crippen LogP) is 0.867. The number of nitrogen functional groups attached to an aromatic ring is 1. The smallest absolute Gasteiger partial charge is 0.293 e. The van der Waals surface area contributed by atoms with Crippen molar-refractivity contribution in [2.45, 2.75) is 25.4 Å². The van der Waals surface area contributed by atoms with Crippen LogP contribution in [-0.2, 0) is 0 Å². The van der Waals surface area contributed by atoms with E-state index in [0.29, 0.717) is 31.5 Å². The molecule has 4 N–H and O–H groups in total. The van der Waals surface area contributed by atoms with Crippen LogP contribution in [0.3, 0.4) is 0 Å². The van der Waals surface area contributed by atoms with Gasteiger partial charge >= 0.3 is 0 Å². The number of hydrogen-bond acceptors (Lipinski definition) is 6. The third-order valence-corrected chi connectivity index (χ3v) is 3.72. The molecule has 0 saturated carbocycles. The largest absolute Gasteiger partial charge is 0.390 e. The number of hydrogen-bond donors (Lipinski definition) is 3. The van der Waals surface area contributed by atoms with Crippen molar-refractivity contribution in [1.29, 1.82) is 0 Å². The summed E-state index contributed by atoms with van der Waals surface area (Å²) in [6.07, 6.45) is 1.02. The lowest BCUT2D eigenvalue weighted by Crippen LogP contribution is -2.45. The van der Waals surface area contributed by atoms with E-state index in [1.807, 2.05) is 0 Å². The highest BCUT2D eigenvalue weighted by Crippen LogP contribution is 2.27. The quantitative estimate of drug-likeness (QED) is 0.432. The van der Waals surface area contributed by atoms with Crippen LogP contribution in [0.1, 0.15) is 30.1 Å². The number of piperidine rings is 1. The van der Waals surface area contributed by atoms with Crippen molar-refractivity contribution in [3.63, 3.8) is 0 Å². The van der Waals surface area contributed by atoms with Crippen LogP contribution < -0.4 is 11.3 Å².